The second-order valence-corrected chi connectivity index (χ2v) is 10.5. The minimum absolute atomic E-state index is 0.00418. The lowest BCUT2D eigenvalue weighted by Gasteiger charge is -2.04. The third-order valence-electron chi connectivity index (χ3n) is 8.14. The van der Waals surface area contributed by atoms with Crippen molar-refractivity contribution < 1.29 is 14.7 Å². The molecule has 0 aromatic carbocycles. The van der Waals surface area contributed by atoms with E-state index in [-0.39, 0.29) is 6.42 Å². The van der Waals surface area contributed by atoms with Crippen LogP contribution in [0.5, 0.6) is 0 Å². The average Bonchev–Trinajstić information content (AvgIpc) is 3.59. The number of hydrogen-bond acceptors (Lipinski definition) is 4. The molecular weight excluding hydrogens is 512 g/mol. The van der Waals surface area contributed by atoms with E-state index in [2.05, 4.69) is 43.0 Å². The summed E-state index contributed by atoms with van der Waals surface area (Å²) in [6, 6.07) is 8.06. The minimum atomic E-state index is -0.861. The van der Waals surface area contributed by atoms with Crippen LogP contribution in [-0.4, -0.2) is 37.3 Å². The number of aliphatic carboxylic acids is 1. The van der Waals surface area contributed by atoms with Crippen molar-refractivity contribution in [2.45, 2.75) is 53.4 Å². The van der Waals surface area contributed by atoms with E-state index in [1.807, 2.05) is 44.2 Å². The van der Waals surface area contributed by atoms with Gasteiger partial charge in [0.25, 0.3) is 0 Å². The molecule has 5 rings (SSSR count). The van der Waals surface area contributed by atoms with E-state index < -0.39 is 5.97 Å². The molecule has 0 aliphatic carbocycles. The molecule has 0 saturated carbocycles. The van der Waals surface area contributed by atoms with Gasteiger partial charge in [-0.3, -0.25) is 4.79 Å². The third-order valence-corrected chi connectivity index (χ3v) is 8.14. The average molecular weight is 547 g/mol. The molecular formula is C34H34N4O3. The van der Waals surface area contributed by atoms with Gasteiger partial charge in [-0.1, -0.05) is 25.3 Å². The normalized spacial score (nSPS) is 13.1. The van der Waals surface area contributed by atoms with Crippen LogP contribution in [0, 0.1) is 13.8 Å². The fourth-order valence-corrected chi connectivity index (χ4v) is 5.74. The standard InChI is InChI=1S/C34H34N4O3/c1-7-22-18(3)26-14-27-20(5)24(10-9-13-39)32(37-27)17-33-25(11-12-34(40)41)21(6)29(38-33)16-31-23(8-2)19(4)28(36-31)15-30(22)35-26/h7-8,13-17,35-36H,1-2,9-12H2,3-6H3,(H,40,41). The third kappa shape index (κ3) is 4.99. The zero-order valence-corrected chi connectivity index (χ0v) is 23.9. The van der Waals surface area contributed by atoms with Gasteiger partial charge in [0, 0.05) is 46.0 Å². The molecule has 0 radical (unpaired) electrons. The fourth-order valence-electron chi connectivity index (χ4n) is 5.74. The molecule has 41 heavy (non-hydrogen) atoms. The van der Waals surface area contributed by atoms with Crippen LogP contribution in [0.15, 0.2) is 37.4 Å². The Labute approximate surface area is 239 Å². The van der Waals surface area contributed by atoms with E-state index in [1.165, 1.54) is 0 Å². The number of carboxylic acid groups (broad SMARTS) is 1. The molecule has 0 unspecified atom stereocenters. The summed E-state index contributed by atoms with van der Waals surface area (Å²) in [6.45, 7) is 16.2. The second-order valence-electron chi connectivity index (χ2n) is 10.5. The number of aldehydes is 1. The fraction of sp³-hybridized carbons (Fsp3) is 0.235. The Kier molecular flexibility index (Phi) is 7.45. The molecule has 3 N–H and O–H groups in total. The highest BCUT2D eigenvalue weighted by Crippen LogP contribution is 2.38. The van der Waals surface area contributed by atoms with E-state index in [4.69, 9.17) is 9.97 Å². The number of fused-ring (bicyclic) bond motifs is 8. The largest absolute Gasteiger partial charge is 0.481 e. The van der Waals surface area contributed by atoms with Crippen LogP contribution in [0.3, 0.4) is 0 Å². The monoisotopic (exact) mass is 546 g/mol. The van der Waals surface area contributed by atoms with Gasteiger partial charge in [-0.05, 0) is 98.2 Å². The van der Waals surface area contributed by atoms with Crippen LogP contribution in [0.1, 0.15) is 84.6 Å². The lowest BCUT2D eigenvalue weighted by Crippen LogP contribution is -1.95. The predicted octanol–water partition coefficient (Wildman–Crippen LogP) is 7.92. The number of nitrogens with one attached hydrogen (secondary N) is 2. The van der Waals surface area contributed by atoms with Gasteiger partial charge < -0.3 is 19.9 Å². The molecule has 0 fully saturated rings. The summed E-state index contributed by atoms with van der Waals surface area (Å²) < 4.78 is 0. The summed E-state index contributed by atoms with van der Waals surface area (Å²) in [4.78, 5) is 40.0. The quantitative estimate of drug-likeness (QED) is 0.248. The van der Waals surface area contributed by atoms with Crippen LogP contribution < -0.4 is 0 Å². The van der Waals surface area contributed by atoms with Crippen LogP contribution in [0.4, 0.5) is 0 Å². The van der Waals surface area contributed by atoms with Crippen molar-refractivity contribution in [3.63, 3.8) is 0 Å². The Morgan fingerprint density at radius 3 is 1.76 bits per heavy atom. The first-order valence-corrected chi connectivity index (χ1v) is 13.7. The number of H-pyrrole nitrogens is 2. The molecule has 7 heteroatoms. The van der Waals surface area contributed by atoms with Gasteiger partial charge in [-0.15, -0.1) is 0 Å². The summed E-state index contributed by atoms with van der Waals surface area (Å²) in [6.07, 6.45) is 5.90. The van der Waals surface area contributed by atoms with Crippen LogP contribution in [0.25, 0.3) is 56.5 Å². The predicted molar refractivity (Wildman–Crippen MR) is 168 cm³/mol. The Balaban J connectivity index is 1.94. The zero-order chi connectivity index (χ0) is 29.4. The lowest BCUT2D eigenvalue weighted by molar-refractivity contribution is -0.136. The topological polar surface area (TPSA) is 112 Å². The number of rotatable bonds is 8. The van der Waals surface area contributed by atoms with Crippen molar-refractivity contribution in [1.82, 2.24) is 19.9 Å². The number of carbonyl (C=O) groups is 2. The molecule has 0 spiro atoms. The van der Waals surface area contributed by atoms with E-state index in [0.717, 1.165) is 90.0 Å². The Hall–Kier alpha value is -4.78. The molecule has 0 atom stereocenters. The highest BCUT2D eigenvalue weighted by Gasteiger charge is 2.22. The first kappa shape index (κ1) is 27.8. The zero-order valence-electron chi connectivity index (χ0n) is 23.9. The summed E-state index contributed by atoms with van der Waals surface area (Å²) in [5.41, 5.74) is 14.6. The van der Waals surface area contributed by atoms with E-state index in [9.17, 15) is 14.7 Å². The van der Waals surface area contributed by atoms with Gasteiger partial charge in [0.05, 0.1) is 22.8 Å². The number of aromatic nitrogens is 4. The number of carboxylic acids is 1. The maximum atomic E-state index is 11.5. The van der Waals surface area contributed by atoms with Gasteiger partial charge in [0.1, 0.15) is 6.29 Å². The smallest absolute Gasteiger partial charge is 0.303 e. The van der Waals surface area contributed by atoms with Crippen molar-refractivity contribution in [3.05, 3.63) is 82.5 Å². The molecule has 5 heterocycles. The number of nitrogens with zero attached hydrogens (tertiary/aromatic N) is 2. The lowest BCUT2D eigenvalue weighted by atomic mass is 9.98. The van der Waals surface area contributed by atoms with Crippen LogP contribution in [-0.2, 0) is 9.59 Å². The highest BCUT2D eigenvalue weighted by molar-refractivity contribution is 5.97. The van der Waals surface area contributed by atoms with Crippen LogP contribution >= 0.6 is 0 Å². The van der Waals surface area contributed by atoms with Gasteiger partial charge in [0.15, 0.2) is 0 Å². The molecule has 2 aliphatic rings. The summed E-state index contributed by atoms with van der Waals surface area (Å²) in [5.74, 6) is -0.861. The Morgan fingerprint density at radius 2 is 1.24 bits per heavy atom. The Bertz CT molecular complexity index is 1860. The molecule has 0 amide bonds. The van der Waals surface area contributed by atoms with Gasteiger partial charge in [-0.25, -0.2) is 9.97 Å². The molecule has 3 aromatic rings. The maximum Gasteiger partial charge on any atom is 0.303 e. The van der Waals surface area contributed by atoms with Gasteiger partial charge >= 0.3 is 5.97 Å². The van der Waals surface area contributed by atoms with E-state index >= 15 is 0 Å². The molecule has 3 aromatic heterocycles. The summed E-state index contributed by atoms with van der Waals surface area (Å²) in [7, 11) is 0. The number of carbonyl (C=O) groups excluding carboxylic acids is 1. The molecule has 2 aliphatic heterocycles. The SMILES string of the molecule is C=Cc1c(C)c2cc3[nH]c(cc4nc(cc5nc(cc1[nH]2)C(C)=C5CCC(=O)O)C(CCC=O)=C4C)c(C)c3C=C. The molecule has 208 valence electrons. The Morgan fingerprint density at radius 1 is 0.756 bits per heavy atom. The van der Waals surface area contributed by atoms with Crippen molar-refractivity contribution >= 4 is 68.8 Å². The summed E-state index contributed by atoms with van der Waals surface area (Å²) in [5, 5.41) is 9.45. The van der Waals surface area contributed by atoms with Gasteiger partial charge in [0.2, 0.25) is 0 Å². The first-order chi connectivity index (χ1) is 19.7. The number of aryl methyl sites for hydroxylation is 2. The minimum Gasteiger partial charge on any atom is -0.481 e. The van der Waals surface area contributed by atoms with Crippen molar-refractivity contribution in [2.75, 3.05) is 0 Å². The summed E-state index contributed by atoms with van der Waals surface area (Å²) >= 11 is 0. The highest BCUT2D eigenvalue weighted by atomic mass is 16.4. The van der Waals surface area contributed by atoms with Crippen molar-refractivity contribution in [2.24, 2.45) is 0 Å². The van der Waals surface area contributed by atoms with E-state index in [0.29, 0.717) is 25.0 Å². The molecule has 0 saturated heterocycles. The second kappa shape index (κ2) is 11.0. The van der Waals surface area contributed by atoms with Gasteiger partial charge in [-0.2, -0.15) is 0 Å². The van der Waals surface area contributed by atoms with Crippen molar-refractivity contribution in [3.8, 4) is 0 Å². The molecule has 8 bridgehead atoms. The maximum absolute atomic E-state index is 11.5. The van der Waals surface area contributed by atoms with Crippen molar-refractivity contribution in [1.29, 1.82) is 0 Å². The molecule has 7 nitrogen and oxygen atoms in total. The number of aromatic amines is 2. The first-order valence-electron chi connectivity index (χ1n) is 13.7. The van der Waals surface area contributed by atoms with Crippen LogP contribution in [0.2, 0.25) is 0 Å². The number of hydrogen-bond donors (Lipinski definition) is 3. The van der Waals surface area contributed by atoms with E-state index in [1.54, 1.807) is 0 Å². The number of allylic oxidation sites excluding steroid dienone is 4.